The summed E-state index contributed by atoms with van der Waals surface area (Å²) in [5, 5.41) is 10.7. The molecule has 2 unspecified atom stereocenters. The molecule has 0 rings (SSSR count). The van der Waals surface area contributed by atoms with E-state index in [0.29, 0.717) is 25.7 Å². The molecule has 0 bridgehead atoms. The van der Waals surface area contributed by atoms with Gasteiger partial charge in [-0.15, -0.1) is 0 Å². The summed E-state index contributed by atoms with van der Waals surface area (Å²) >= 11 is 0. The maximum Gasteiger partial charge on any atom is 0.472 e. The SMILES string of the molecule is CCCCCCCCCCCC(=O)OC[C@H](COP(=O)(O)OC[C@H](O)COP(=O)(O)OC[C@@H](COC(=O)CCCCCCCCCCCCCCCCCCC(C)C)OC(=O)CCCCCCCCCCCCCCCCCCC(C)C)OC(=O)CCCCCCCCCCCCCCCCCCC(C)C. The van der Waals surface area contributed by atoms with E-state index in [1.807, 2.05) is 0 Å². The molecular weight excluding hydrogens is 1380 g/mol. The van der Waals surface area contributed by atoms with Gasteiger partial charge < -0.3 is 33.8 Å². The van der Waals surface area contributed by atoms with E-state index in [4.69, 9.17) is 37.0 Å². The van der Waals surface area contributed by atoms with Crippen molar-refractivity contribution < 1.29 is 80.2 Å². The van der Waals surface area contributed by atoms with Crippen LogP contribution in [0.1, 0.15) is 459 Å². The van der Waals surface area contributed by atoms with Gasteiger partial charge in [0.15, 0.2) is 12.2 Å². The van der Waals surface area contributed by atoms with Crippen LogP contribution in [0.3, 0.4) is 0 Å². The Morgan fingerprint density at radius 1 is 0.255 bits per heavy atom. The standard InChI is InChI=1S/C87H170O17P2/c1-8-9-10-11-12-37-47-54-61-68-84(89)97-74-82(103-86(91)70-63-56-49-42-35-29-23-17-14-20-26-32-39-45-52-59-66-79(4)5)76-101-105(93,94)99-72-81(88)73-100-106(95,96)102-77-83(104-87(92)71-64-57-50-43-36-30-24-18-15-21-27-33-40-46-53-60-67-80(6)7)75-98-85(90)69-62-55-48-41-34-28-22-16-13-19-25-31-38-44-51-58-65-78(2)3/h78-83,88H,8-77H2,1-7H3,(H,93,94)(H,95,96)/t81-,82+,83+/m0/s1. The van der Waals surface area contributed by atoms with Crippen LogP contribution in [-0.2, 0) is 65.4 Å². The molecule has 5 atom stereocenters. The summed E-state index contributed by atoms with van der Waals surface area (Å²) in [4.78, 5) is 73.2. The van der Waals surface area contributed by atoms with E-state index < -0.39 is 97.5 Å². The topological polar surface area (TPSA) is 237 Å². The molecule has 0 saturated heterocycles. The third-order valence-electron chi connectivity index (χ3n) is 20.4. The van der Waals surface area contributed by atoms with Crippen molar-refractivity contribution in [1.82, 2.24) is 0 Å². The van der Waals surface area contributed by atoms with Crippen molar-refractivity contribution in [1.29, 1.82) is 0 Å². The van der Waals surface area contributed by atoms with E-state index in [-0.39, 0.29) is 25.7 Å². The molecule has 0 aliphatic carbocycles. The van der Waals surface area contributed by atoms with Crippen molar-refractivity contribution in [3.8, 4) is 0 Å². The molecule has 0 aliphatic heterocycles. The van der Waals surface area contributed by atoms with Gasteiger partial charge in [0.2, 0.25) is 0 Å². The zero-order valence-corrected chi connectivity index (χ0v) is 71.7. The fraction of sp³-hybridized carbons (Fsp3) is 0.954. The van der Waals surface area contributed by atoms with E-state index in [1.165, 1.54) is 270 Å². The minimum Gasteiger partial charge on any atom is -0.462 e. The van der Waals surface area contributed by atoms with Gasteiger partial charge >= 0.3 is 39.5 Å². The maximum absolute atomic E-state index is 13.1. The first-order valence-corrected chi connectivity index (χ1v) is 47.8. The van der Waals surface area contributed by atoms with Crippen LogP contribution in [0.5, 0.6) is 0 Å². The summed E-state index contributed by atoms with van der Waals surface area (Å²) in [6.45, 7) is 12.1. The molecule has 0 fully saturated rings. The van der Waals surface area contributed by atoms with Gasteiger partial charge in [0.25, 0.3) is 0 Å². The second kappa shape index (κ2) is 77.0. The number of phosphoric ester groups is 2. The number of aliphatic hydroxyl groups excluding tert-OH is 1. The third-order valence-corrected chi connectivity index (χ3v) is 22.3. The molecular formula is C87H170O17P2. The van der Waals surface area contributed by atoms with Crippen molar-refractivity contribution in [2.75, 3.05) is 39.6 Å². The Morgan fingerprint density at radius 2 is 0.434 bits per heavy atom. The zero-order valence-electron chi connectivity index (χ0n) is 69.9. The quantitative estimate of drug-likeness (QED) is 0.0222. The number of esters is 4. The number of carbonyl (C=O) groups excluding carboxylic acids is 4. The molecule has 0 heterocycles. The lowest BCUT2D eigenvalue weighted by molar-refractivity contribution is -0.161. The molecule has 0 aromatic rings. The minimum atomic E-state index is -4.97. The van der Waals surface area contributed by atoms with Gasteiger partial charge in [-0.25, -0.2) is 9.13 Å². The van der Waals surface area contributed by atoms with Crippen molar-refractivity contribution in [2.45, 2.75) is 478 Å². The Bertz CT molecular complexity index is 2040. The zero-order chi connectivity index (χ0) is 77.9. The second-order valence-corrected chi connectivity index (χ2v) is 35.6. The fourth-order valence-electron chi connectivity index (χ4n) is 13.5. The van der Waals surface area contributed by atoms with E-state index in [9.17, 15) is 43.2 Å². The number of ether oxygens (including phenoxy) is 4. The first-order valence-electron chi connectivity index (χ1n) is 44.8. The molecule has 0 aromatic carbocycles. The van der Waals surface area contributed by atoms with Gasteiger partial charge in [-0.1, -0.05) is 408 Å². The van der Waals surface area contributed by atoms with E-state index >= 15 is 0 Å². The highest BCUT2D eigenvalue weighted by molar-refractivity contribution is 7.47. The van der Waals surface area contributed by atoms with Gasteiger partial charge in [-0.3, -0.25) is 37.3 Å². The van der Waals surface area contributed by atoms with E-state index in [1.54, 1.807) is 0 Å². The summed E-state index contributed by atoms with van der Waals surface area (Å²) in [6, 6.07) is 0. The number of carbonyl (C=O) groups is 4. The molecule has 0 spiro atoms. The number of hydrogen-bond donors (Lipinski definition) is 3. The Kier molecular flexibility index (Phi) is 75.6. The largest absolute Gasteiger partial charge is 0.472 e. The highest BCUT2D eigenvalue weighted by Crippen LogP contribution is 2.45. The number of aliphatic hydroxyl groups is 1. The van der Waals surface area contributed by atoms with E-state index in [0.717, 1.165) is 108 Å². The number of rotatable bonds is 85. The van der Waals surface area contributed by atoms with Gasteiger partial charge in [0.05, 0.1) is 26.4 Å². The average Bonchev–Trinajstić information content (AvgIpc) is 0.910. The molecule has 630 valence electrons. The Balaban J connectivity index is 5.21. The summed E-state index contributed by atoms with van der Waals surface area (Å²) < 4.78 is 68.9. The number of unbranched alkanes of at least 4 members (excludes halogenated alkanes) is 53. The van der Waals surface area contributed by atoms with Crippen LogP contribution in [0, 0.1) is 17.8 Å². The average molecular weight is 1550 g/mol. The van der Waals surface area contributed by atoms with Crippen molar-refractivity contribution in [3.05, 3.63) is 0 Å². The Hall–Kier alpha value is -1.94. The summed E-state index contributed by atoms with van der Waals surface area (Å²) in [6.07, 6.45) is 68.1. The van der Waals surface area contributed by atoms with Crippen molar-refractivity contribution in [3.63, 3.8) is 0 Å². The first kappa shape index (κ1) is 104. The van der Waals surface area contributed by atoms with Crippen LogP contribution in [0.15, 0.2) is 0 Å². The molecule has 106 heavy (non-hydrogen) atoms. The fourth-order valence-corrected chi connectivity index (χ4v) is 15.1. The van der Waals surface area contributed by atoms with Crippen molar-refractivity contribution in [2.24, 2.45) is 17.8 Å². The summed E-state index contributed by atoms with van der Waals surface area (Å²) in [5.74, 6) is 0.328. The van der Waals surface area contributed by atoms with Crippen LogP contribution in [0.25, 0.3) is 0 Å². The first-order chi connectivity index (χ1) is 51.2. The number of phosphoric acid groups is 2. The lowest BCUT2D eigenvalue weighted by atomic mass is 10.0. The number of hydrogen-bond acceptors (Lipinski definition) is 15. The maximum atomic E-state index is 13.1. The molecule has 19 heteroatoms. The highest BCUT2D eigenvalue weighted by Gasteiger charge is 2.30. The third kappa shape index (κ3) is 80.1. The lowest BCUT2D eigenvalue weighted by Crippen LogP contribution is -2.30. The normalized spacial score (nSPS) is 13.9. The van der Waals surface area contributed by atoms with E-state index in [2.05, 4.69) is 48.5 Å². The molecule has 17 nitrogen and oxygen atoms in total. The predicted octanol–water partition coefficient (Wildman–Crippen LogP) is 26.5. The molecule has 0 aliphatic rings. The van der Waals surface area contributed by atoms with Crippen LogP contribution in [0.4, 0.5) is 0 Å². The predicted molar refractivity (Wildman–Crippen MR) is 437 cm³/mol. The van der Waals surface area contributed by atoms with Gasteiger partial charge in [0, 0.05) is 25.7 Å². The lowest BCUT2D eigenvalue weighted by Gasteiger charge is -2.21. The Labute approximate surface area is 651 Å². The summed E-state index contributed by atoms with van der Waals surface area (Å²) in [5.41, 5.74) is 0. The monoisotopic (exact) mass is 1550 g/mol. The smallest absolute Gasteiger partial charge is 0.462 e. The van der Waals surface area contributed by atoms with Crippen LogP contribution in [0.2, 0.25) is 0 Å². The molecule has 0 amide bonds. The molecule has 0 radical (unpaired) electrons. The van der Waals surface area contributed by atoms with Crippen molar-refractivity contribution >= 4 is 39.5 Å². The molecule has 0 aromatic heterocycles. The van der Waals surface area contributed by atoms with Crippen LogP contribution in [-0.4, -0.2) is 96.7 Å². The molecule has 0 saturated carbocycles. The van der Waals surface area contributed by atoms with Crippen LogP contribution >= 0.6 is 15.6 Å². The highest BCUT2D eigenvalue weighted by atomic mass is 31.2. The summed E-state index contributed by atoms with van der Waals surface area (Å²) in [7, 11) is -9.93. The minimum absolute atomic E-state index is 0.108. The Morgan fingerprint density at radius 3 is 0.642 bits per heavy atom. The van der Waals surface area contributed by atoms with Gasteiger partial charge in [-0.05, 0) is 43.4 Å². The van der Waals surface area contributed by atoms with Gasteiger partial charge in [0.1, 0.15) is 19.3 Å². The van der Waals surface area contributed by atoms with Gasteiger partial charge in [-0.2, -0.15) is 0 Å². The molecule has 3 N–H and O–H groups in total. The second-order valence-electron chi connectivity index (χ2n) is 32.7. The van der Waals surface area contributed by atoms with Crippen LogP contribution < -0.4 is 0 Å².